The summed E-state index contributed by atoms with van der Waals surface area (Å²) in [6, 6.07) is 1.04. The van der Waals surface area contributed by atoms with Crippen LogP contribution in [0.3, 0.4) is 0 Å². The van der Waals surface area contributed by atoms with Gasteiger partial charge < -0.3 is 51.5 Å². The van der Waals surface area contributed by atoms with Crippen molar-refractivity contribution in [2.45, 2.75) is 128 Å². The SMILES string of the molecule is CC(=O)N[C@@H](CC(=O)O)C(=O)N[C@H](CCC(=O)O)C(=O)N[C@H](C(=O)N[C@H](C(=O)N1C[C@H](OCc2ccccc2)C[C@H]1C(=O)N[C@@H](CS)C(=O)O)C(C)C)C1CCCCC1. The van der Waals surface area contributed by atoms with Crippen LogP contribution in [0.4, 0.5) is 0 Å². The van der Waals surface area contributed by atoms with Gasteiger partial charge in [-0.2, -0.15) is 12.6 Å². The van der Waals surface area contributed by atoms with Gasteiger partial charge in [0.15, 0.2) is 0 Å². The standard InChI is InChI=1S/C39H56N6O13S/c1-21(2)32(38(55)45-18-25(58-19-23-10-6-4-7-11-23)16-29(45)36(53)42-28(20-59)39(56)57)43-37(54)33(24-12-8-5-9-13-24)44-34(51)26(14-15-30(47)48)41-35(52)27(17-31(49)50)40-22(3)46/h4,6-7,10-11,21,24-29,32-33,59H,5,8-9,12-20H2,1-3H3,(H,40,46)(H,41,52)(H,42,53)(H,43,54)(H,44,51)(H,47,48)(H,49,50)(H,56,57)/t25-,26-,27+,28+,29+,32+,33+/m1/s1. The van der Waals surface area contributed by atoms with Crippen LogP contribution < -0.4 is 26.6 Å². The number of thiol groups is 1. The fourth-order valence-corrected chi connectivity index (χ4v) is 7.39. The molecule has 7 atom stereocenters. The number of rotatable bonds is 22. The second-order valence-corrected chi connectivity index (χ2v) is 15.6. The minimum Gasteiger partial charge on any atom is -0.481 e. The molecule has 8 N–H and O–H groups in total. The quantitative estimate of drug-likeness (QED) is 0.0707. The molecule has 326 valence electrons. The van der Waals surface area contributed by atoms with Gasteiger partial charge in [-0.15, -0.1) is 0 Å². The summed E-state index contributed by atoms with van der Waals surface area (Å²) in [6.45, 7) is 4.52. The zero-order chi connectivity index (χ0) is 43.8. The zero-order valence-corrected chi connectivity index (χ0v) is 34.3. The summed E-state index contributed by atoms with van der Waals surface area (Å²) < 4.78 is 6.09. The summed E-state index contributed by atoms with van der Waals surface area (Å²) in [5, 5.41) is 40.6. The van der Waals surface area contributed by atoms with Crippen LogP contribution >= 0.6 is 12.6 Å². The topological polar surface area (TPSA) is 287 Å². The summed E-state index contributed by atoms with van der Waals surface area (Å²) in [4.78, 5) is 117. The largest absolute Gasteiger partial charge is 0.481 e. The summed E-state index contributed by atoms with van der Waals surface area (Å²) in [7, 11) is 0. The molecule has 59 heavy (non-hydrogen) atoms. The van der Waals surface area contributed by atoms with E-state index in [1.807, 2.05) is 30.3 Å². The predicted octanol–water partition coefficient (Wildman–Crippen LogP) is 0.207. The van der Waals surface area contributed by atoms with Gasteiger partial charge in [-0.1, -0.05) is 63.4 Å². The number of carbonyl (C=O) groups is 9. The van der Waals surface area contributed by atoms with E-state index in [4.69, 9.17) is 4.74 Å². The van der Waals surface area contributed by atoms with Crippen molar-refractivity contribution in [2.75, 3.05) is 12.3 Å². The molecule has 2 fully saturated rings. The maximum atomic E-state index is 14.4. The van der Waals surface area contributed by atoms with Crippen molar-refractivity contribution in [3.05, 3.63) is 35.9 Å². The first-order valence-electron chi connectivity index (χ1n) is 19.6. The molecule has 19 nitrogen and oxygen atoms in total. The molecule has 1 saturated carbocycles. The third kappa shape index (κ3) is 15.1. The van der Waals surface area contributed by atoms with Crippen LogP contribution in [0.25, 0.3) is 0 Å². The van der Waals surface area contributed by atoms with E-state index in [2.05, 4.69) is 39.2 Å². The second-order valence-electron chi connectivity index (χ2n) is 15.2. The fourth-order valence-electron chi connectivity index (χ4n) is 7.14. The summed E-state index contributed by atoms with van der Waals surface area (Å²) >= 11 is 4.03. The lowest BCUT2D eigenvalue weighted by molar-refractivity contribution is -0.145. The zero-order valence-electron chi connectivity index (χ0n) is 33.4. The average molecular weight is 849 g/mol. The van der Waals surface area contributed by atoms with E-state index in [1.54, 1.807) is 13.8 Å². The molecular formula is C39H56N6O13S. The molecule has 1 aliphatic carbocycles. The highest BCUT2D eigenvalue weighted by atomic mass is 32.1. The van der Waals surface area contributed by atoms with E-state index in [1.165, 1.54) is 4.90 Å². The van der Waals surface area contributed by atoms with Gasteiger partial charge in [0.2, 0.25) is 35.4 Å². The maximum absolute atomic E-state index is 14.4. The molecule has 0 unspecified atom stereocenters. The number of nitrogens with zero attached hydrogens (tertiary/aromatic N) is 1. The van der Waals surface area contributed by atoms with Crippen LogP contribution in [0, 0.1) is 11.8 Å². The Labute approximate surface area is 347 Å². The predicted molar refractivity (Wildman–Crippen MR) is 212 cm³/mol. The van der Waals surface area contributed by atoms with Gasteiger partial charge in [-0.3, -0.25) is 38.4 Å². The van der Waals surface area contributed by atoms with Gasteiger partial charge >= 0.3 is 17.9 Å². The third-order valence-corrected chi connectivity index (χ3v) is 10.6. The highest BCUT2D eigenvalue weighted by Gasteiger charge is 2.45. The van der Waals surface area contributed by atoms with Crippen LogP contribution in [-0.4, -0.2) is 128 Å². The highest BCUT2D eigenvalue weighted by Crippen LogP contribution is 2.28. The molecule has 0 radical (unpaired) electrons. The summed E-state index contributed by atoms with van der Waals surface area (Å²) in [5.74, 6) is -10.1. The average Bonchev–Trinajstić information content (AvgIpc) is 3.62. The van der Waals surface area contributed by atoms with Crippen LogP contribution in [0.1, 0.15) is 84.1 Å². The van der Waals surface area contributed by atoms with Gasteiger partial charge in [0.1, 0.15) is 36.3 Å². The Morgan fingerprint density at radius 2 is 1.44 bits per heavy atom. The smallest absolute Gasteiger partial charge is 0.327 e. The number of hydrogen-bond donors (Lipinski definition) is 9. The van der Waals surface area contributed by atoms with Crippen molar-refractivity contribution in [1.29, 1.82) is 0 Å². The van der Waals surface area contributed by atoms with Gasteiger partial charge in [-0.25, -0.2) is 4.79 Å². The van der Waals surface area contributed by atoms with Gasteiger partial charge in [0.05, 0.1) is 19.1 Å². The normalized spacial score (nSPS) is 19.3. The van der Waals surface area contributed by atoms with Crippen LogP contribution in [-0.2, 0) is 54.5 Å². The van der Waals surface area contributed by atoms with E-state index in [0.717, 1.165) is 31.7 Å². The number of carboxylic acid groups (broad SMARTS) is 3. The molecule has 1 aromatic rings. The number of nitrogens with one attached hydrogen (secondary N) is 5. The Bertz CT molecular complexity index is 1660. The van der Waals surface area contributed by atoms with Crippen molar-refractivity contribution in [3.8, 4) is 0 Å². The molecule has 3 rings (SSSR count). The van der Waals surface area contributed by atoms with Crippen molar-refractivity contribution >= 4 is 66.0 Å². The van der Waals surface area contributed by atoms with E-state index < -0.39 is 127 Å². The number of amides is 6. The van der Waals surface area contributed by atoms with Crippen molar-refractivity contribution in [2.24, 2.45) is 11.8 Å². The number of carboxylic acids is 3. The lowest BCUT2D eigenvalue weighted by Crippen LogP contribution is -2.61. The monoisotopic (exact) mass is 848 g/mol. The maximum Gasteiger partial charge on any atom is 0.327 e. The molecule has 1 aromatic carbocycles. The molecule has 0 bridgehead atoms. The van der Waals surface area contributed by atoms with Crippen molar-refractivity contribution in [3.63, 3.8) is 0 Å². The van der Waals surface area contributed by atoms with E-state index >= 15 is 0 Å². The number of likely N-dealkylation sites (tertiary alicyclic amines) is 1. The lowest BCUT2D eigenvalue weighted by atomic mass is 9.83. The van der Waals surface area contributed by atoms with Crippen LogP contribution in [0.15, 0.2) is 30.3 Å². The van der Waals surface area contributed by atoms with E-state index in [9.17, 15) is 58.5 Å². The minimum absolute atomic E-state index is 0.0293. The Balaban J connectivity index is 1.90. The Kier molecular flexibility index (Phi) is 19.1. The third-order valence-electron chi connectivity index (χ3n) is 10.3. The van der Waals surface area contributed by atoms with E-state index in [-0.39, 0.29) is 25.3 Å². The number of hydrogen-bond acceptors (Lipinski definition) is 11. The molecule has 0 spiro atoms. The van der Waals surface area contributed by atoms with E-state index in [0.29, 0.717) is 12.8 Å². The highest BCUT2D eigenvalue weighted by molar-refractivity contribution is 7.80. The van der Waals surface area contributed by atoms with Crippen LogP contribution in [0.2, 0.25) is 0 Å². The number of benzene rings is 1. The molecule has 1 heterocycles. The van der Waals surface area contributed by atoms with Crippen molar-refractivity contribution in [1.82, 2.24) is 31.5 Å². The second kappa shape index (κ2) is 23.4. The first-order valence-corrected chi connectivity index (χ1v) is 20.3. The Hall–Kier alpha value is -5.24. The number of carbonyl (C=O) groups excluding carboxylic acids is 6. The first-order chi connectivity index (χ1) is 27.9. The minimum atomic E-state index is -1.59. The molecule has 1 aliphatic heterocycles. The Morgan fingerprint density at radius 3 is 2.00 bits per heavy atom. The number of ether oxygens (including phenoxy) is 1. The fraction of sp³-hybridized carbons (Fsp3) is 0.615. The summed E-state index contributed by atoms with van der Waals surface area (Å²) in [6.07, 6.45) is 0.883. The molecular weight excluding hydrogens is 793 g/mol. The molecule has 0 aromatic heterocycles. The van der Waals surface area contributed by atoms with Crippen LogP contribution in [0.5, 0.6) is 0 Å². The summed E-state index contributed by atoms with van der Waals surface area (Å²) in [5.41, 5.74) is 0.847. The number of aliphatic carboxylic acids is 3. The first kappa shape index (κ1) is 48.1. The Morgan fingerprint density at radius 1 is 0.797 bits per heavy atom. The van der Waals surface area contributed by atoms with Gasteiger partial charge in [0, 0.05) is 32.1 Å². The van der Waals surface area contributed by atoms with Gasteiger partial charge in [0.25, 0.3) is 0 Å². The molecule has 2 aliphatic rings. The van der Waals surface area contributed by atoms with Crippen molar-refractivity contribution < 1.29 is 63.2 Å². The lowest BCUT2D eigenvalue weighted by Gasteiger charge is -2.34. The molecule has 1 saturated heterocycles. The molecule has 20 heteroatoms. The van der Waals surface area contributed by atoms with Gasteiger partial charge in [-0.05, 0) is 36.7 Å². The molecule has 6 amide bonds.